The van der Waals surface area contributed by atoms with Crippen molar-refractivity contribution in [2.45, 2.75) is 13.8 Å². The Balaban J connectivity index is 2.57. The monoisotopic (exact) mass is 218 g/mol. The minimum atomic E-state index is 0.541. The molecular weight excluding hydrogens is 204 g/mol. The maximum atomic E-state index is 5.74. The quantitative estimate of drug-likeness (QED) is 0.787. The lowest BCUT2D eigenvalue weighted by Crippen LogP contribution is -1.91. The fourth-order valence-electron chi connectivity index (χ4n) is 1.48. The number of rotatable bonds is 2. The van der Waals surface area contributed by atoms with E-state index in [-0.39, 0.29) is 0 Å². The first-order chi connectivity index (χ1) is 7.61. The van der Waals surface area contributed by atoms with Crippen molar-refractivity contribution in [3.05, 3.63) is 29.7 Å². The molecule has 2 N–H and O–H groups in total. The molecule has 0 spiro atoms. The standard InChI is InChI=1S/C12H14N2O2/c1-7-8(2)16-12(14-7)10-6-9(13)4-5-11(10)15-3/h4-6H,13H2,1-3H3. The molecule has 1 heterocycles. The summed E-state index contributed by atoms with van der Waals surface area (Å²) < 4.78 is 10.8. The number of oxazole rings is 1. The van der Waals surface area contributed by atoms with Gasteiger partial charge in [-0.15, -0.1) is 0 Å². The first-order valence-electron chi connectivity index (χ1n) is 4.99. The first kappa shape index (κ1) is 10.5. The van der Waals surface area contributed by atoms with E-state index >= 15 is 0 Å². The van der Waals surface area contributed by atoms with Crippen molar-refractivity contribution >= 4 is 5.69 Å². The summed E-state index contributed by atoms with van der Waals surface area (Å²) in [6.45, 7) is 3.78. The van der Waals surface area contributed by atoms with Crippen molar-refractivity contribution in [2.24, 2.45) is 0 Å². The van der Waals surface area contributed by atoms with Crippen LogP contribution in [0.3, 0.4) is 0 Å². The van der Waals surface area contributed by atoms with Crippen molar-refractivity contribution < 1.29 is 9.15 Å². The van der Waals surface area contributed by atoms with Crippen LogP contribution in [0.5, 0.6) is 5.75 Å². The summed E-state index contributed by atoms with van der Waals surface area (Å²) in [5.41, 5.74) is 8.05. The number of nitrogens with two attached hydrogens (primary N) is 1. The maximum Gasteiger partial charge on any atom is 0.230 e. The second kappa shape index (κ2) is 3.89. The molecule has 0 aliphatic heterocycles. The fraction of sp³-hybridized carbons (Fsp3) is 0.250. The van der Waals surface area contributed by atoms with E-state index in [1.165, 1.54) is 0 Å². The van der Waals surface area contributed by atoms with Crippen LogP contribution in [0, 0.1) is 13.8 Å². The third-order valence-corrected chi connectivity index (χ3v) is 2.48. The predicted molar refractivity (Wildman–Crippen MR) is 62.4 cm³/mol. The number of benzene rings is 1. The lowest BCUT2D eigenvalue weighted by atomic mass is 10.2. The number of hydrogen-bond acceptors (Lipinski definition) is 4. The number of hydrogen-bond donors (Lipinski definition) is 1. The highest BCUT2D eigenvalue weighted by molar-refractivity contribution is 5.68. The van der Waals surface area contributed by atoms with Crippen molar-refractivity contribution in [1.82, 2.24) is 4.98 Å². The van der Waals surface area contributed by atoms with Gasteiger partial charge in [0.15, 0.2) is 0 Å². The summed E-state index contributed by atoms with van der Waals surface area (Å²) in [5.74, 6) is 2.05. The molecule has 16 heavy (non-hydrogen) atoms. The number of aryl methyl sites for hydroxylation is 2. The Morgan fingerprint density at radius 3 is 2.62 bits per heavy atom. The molecule has 1 aromatic heterocycles. The van der Waals surface area contributed by atoms with E-state index in [9.17, 15) is 0 Å². The van der Waals surface area contributed by atoms with Gasteiger partial charge in [0.2, 0.25) is 5.89 Å². The van der Waals surface area contributed by atoms with Gasteiger partial charge in [-0.25, -0.2) is 4.98 Å². The fourth-order valence-corrected chi connectivity index (χ4v) is 1.48. The molecule has 0 unspecified atom stereocenters. The Hall–Kier alpha value is -1.97. The average molecular weight is 218 g/mol. The second-order valence-electron chi connectivity index (χ2n) is 3.62. The van der Waals surface area contributed by atoms with Crippen LogP contribution in [0.25, 0.3) is 11.5 Å². The third kappa shape index (κ3) is 1.74. The summed E-state index contributed by atoms with van der Waals surface area (Å²) in [4.78, 5) is 4.33. The number of ether oxygens (including phenoxy) is 1. The summed E-state index contributed by atoms with van der Waals surface area (Å²) in [6.07, 6.45) is 0. The van der Waals surface area contributed by atoms with E-state index in [1.54, 1.807) is 25.3 Å². The molecule has 0 fully saturated rings. The Morgan fingerprint density at radius 1 is 1.31 bits per heavy atom. The molecule has 0 bridgehead atoms. The van der Waals surface area contributed by atoms with Gasteiger partial charge in [-0.05, 0) is 32.0 Å². The molecule has 0 saturated heterocycles. The molecule has 0 aliphatic carbocycles. The van der Waals surface area contributed by atoms with Crippen LogP contribution in [-0.2, 0) is 0 Å². The van der Waals surface area contributed by atoms with Crippen LogP contribution in [0.2, 0.25) is 0 Å². The topological polar surface area (TPSA) is 61.3 Å². The number of nitrogens with zero attached hydrogens (tertiary/aromatic N) is 1. The molecule has 4 heteroatoms. The number of nitrogen functional groups attached to an aromatic ring is 1. The molecule has 0 atom stereocenters. The normalized spacial score (nSPS) is 10.4. The molecule has 1 aromatic carbocycles. The van der Waals surface area contributed by atoms with Crippen molar-refractivity contribution in [3.8, 4) is 17.2 Å². The lowest BCUT2D eigenvalue weighted by molar-refractivity contribution is 0.414. The Morgan fingerprint density at radius 2 is 2.06 bits per heavy atom. The highest BCUT2D eigenvalue weighted by Gasteiger charge is 2.13. The van der Waals surface area contributed by atoms with Crippen molar-refractivity contribution in [3.63, 3.8) is 0 Å². The van der Waals surface area contributed by atoms with E-state index in [0.29, 0.717) is 17.3 Å². The van der Waals surface area contributed by atoms with Crippen molar-refractivity contribution in [2.75, 3.05) is 12.8 Å². The van der Waals surface area contributed by atoms with Crippen LogP contribution in [0.4, 0.5) is 5.69 Å². The maximum absolute atomic E-state index is 5.74. The number of anilines is 1. The lowest BCUT2D eigenvalue weighted by Gasteiger charge is -2.05. The van der Waals surface area contributed by atoms with E-state index < -0.39 is 0 Å². The molecular formula is C12H14N2O2. The summed E-state index contributed by atoms with van der Waals surface area (Å²) in [5, 5.41) is 0. The van der Waals surface area contributed by atoms with Gasteiger partial charge in [-0.3, -0.25) is 0 Å². The Kier molecular flexibility index (Phi) is 2.56. The van der Waals surface area contributed by atoms with Gasteiger partial charge in [0.05, 0.1) is 18.4 Å². The van der Waals surface area contributed by atoms with Crippen LogP contribution >= 0.6 is 0 Å². The number of aromatic nitrogens is 1. The highest BCUT2D eigenvalue weighted by atomic mass is 16.5. The molecule has 0 amide bonds. The zero-order chi connectivity index (χ0) is 11.7. The Bertz CT molecular complexity index is 498. The van der Waals surface area contributed by atoms with E-state index in [1.807, 2.05) is 13.8 Å². The van der Waals surface area contributed by atoms with E-state index in [0.717, 1.165) is 17.0 Å². The zero-order valence-electron chi connectivity index (χ0n) is 9.57. The van der Waals surface area contributed by atoms with Gasteiger partial charge in [-0.2, -0.15) is 0 Å². The summed E-state index contributed by atoms with van der Waals surface area (Å²) in [7, 11) is 1.61. The molecule has 0 saturated carbocycles. The third-order valence-electron chi connectivity index (χ3n) is 2.48. The van der Waals surface area contributed by atoms with Gasteiger partial charge in [0.25, 0.3) is 0 Å². The predicted octanol–water partition coefficient (Wildman–Crippen LogP) is 2.55. The minimum Gasteiger partial charge on any atom is -0.496 e. The summed E-state index contributed by atoms with van der Waals surface area (Å²) >= 11 is 0. The van der Waals surface area contributed by atoms with Gasteiger partial charge < -0.3 is 14.9 Å². The highest BCUT2D eigenvalue weighted by Crippen LogP contribution is 2.31. The van der Waals surface area contributed by atoms with E-state index in [2.05, 4.69) is 4.98 Å². The van der Waals surface area contributed by atoms with Gasteiger partial charge in [0, 0.05) is 5.69 Å². The zero-order valence-corrected chi connectivity index (χ0v) is 9.57. The van der Waals surface area contributed by atoms with Gasteiger partial charge >= 0.3 is 0 Å². The molecule has 0 aliphatic rings. The van der Waals surface area contributed by atoms with Gasteiger partial charge in [0.1, 0.15) is 11.5 Å². The molecule has 2 aromatic rings. The summed E-state index contributed by atoms with van der Waals surface area (Å²) in [6, 6.07) is 5.38. The van der Waals surface area contributed by atoms with Crippen LogP contribution in [-0.4, -0.2) is 12.1 Å². The Labute approximate surface area is 94.1 Å². The molecule has 0 radical (unpaired) electrons. The van der Waals surface area contributed by atoms with Crippen LogP contribution < -0.4 is 10.5 Å². The SMILES string of the molecule is COc1ccc(N)cc1-c1nc(C)c(C)o1. The second-order valence-corrected chi connectivity index (χ2v) is 3.62. The number of methoxy groups -OCH3 is 1. The molecule has 84 valence electrons. The average Bonchev–Trinajstić information content (AvgIpc) is 2.59. The van der Waals surface area contributed by atoms with Crippen LogP contribution in [0.15, 0.2) is 22.6 Å². The first-order valence-corrected chi connectivity index (χ1v) is 4.99. The largest absolute Gasteiger partial charge is 0.496 e. The smallest absolute Gasteiger partial charge is 0.230 e. The van der Waals surface area contributed by atoms with E-state index in [4.69, 9.17) is 14.9 Å². The molecule has 4 nitrogen and oxygen atoms in total. The van der Waals surface area contributed by atoms with Crippen LogP contribution in [0.1, 0.15) is 11.5 Å². The molecule has 2 rings (SSSR count). The van der Waals surface area contributed by atoms with Gasteiger partial charge in [-0.1, -0.05) is 0 Å². The minimum absolute atomic E-state index is 0.541. The van der Waals surface area contributed by atoms with Crippen molar-refractivity contribution in [1.29, 1.82) is 0 Å².